The molecule has 0 saturated carbocycles. The number of esters is 1. The zero-order chi connectivity index (χ0) is 22.7. The van der Waals surface area contributed by atoms with E-state index in [4.69, 9.17) is 9.73 Å². The van der Waals surface area contributed by atoms with Gasteiger partial charge in [-0.25, -0.2) is 9.38 Å². The summed E-state index contributed by atoms with van der Waals surface area (Å²) in [6.45, 7) is 6.18. The monoisotopic (exact) mass is 438 g/mol. The molecule has 2 atom stereocenters. The number of carbonyl (C=O) groups is 2. The summed E-state index contributed by atoms with van der Waals surface area (Å²) in [6.07, 6.45) is 0. The van der Waals surface area contributed by atoms with E-state index in [1.54, 1.807) is 19.1 Å². The van der Waals surface area contributed by atoms with E-state index in [0.29, 0.717) is 37.8 Å². The van der Waals surface area contributed by atoms with Crippen molar-refractivity contribution in [2.75, 3.05) is 37.7 Å². The summed E-state index contributed by atoms with van der Waals surface area (Å²) in [5.74, 6) is -1.85. The molecule has 4 rings (SSSR count). The van der Waals surface area contributed by atoms with Crippen LogP contribution in [-0.4, -0.2) is 55.5 Å². The Bertz CT molecular complexity index is 1030. The largest absolute Gasteiger partial charge is 0.465 e. The van der Waals surface area contributed by atoms with Crippen LogP contribution >= 0.6 is 0 Å². The van der Waals surface area contributed by atoms with Crippen molar-refractivity contribution in [3.63, 3.8) is 0 Å². The second-order valence-corrected chi connectivity index (χ2v) is 7.96. The minimum Gasteiger partial charge on any atom is -0.465 e. The molecule has 2 aromatic rings. The average molecular weight is 439 g/mol. The number of halogens is 1. The topological polar surface area (TPSA) is 74.2 Å². The highest BCUT2D eigenvalue weighted by molar-refractivity contribution is 6.08. The summed E-state index contributed by atoms with van der Waals surface area (Å²) in [5, 5.41) is 2.80. The van der Waals surface area contributed by atoms with Gasteiger partial charge >= 0.3 is 5.97 Å². The Morgan fingerprint density at radius 3 is 2.53 bits per heavy atom. The third kappa shape index (κ3) is 4.44. The van der Waals surface area contributed by atoms with Crippen LogP contribution in [0.2, 0.25) is 0 Å². The minimum absolute atomic E-state index is 0.192. The van der Waals surface area contributed by atoms with Gasteiger partial charge in [0.15, 0.2) is 5.92 Å². The molecule has 7 nitrogen and oxygen atoms in total. The van der Waals surface area contributed by atoms with Gasteiger partial charge in [-0.15, -0.1) is 0 Å². The summed E-state index contributed by atoms with van der Waals surface area (Å²) in [5.41, 5.74) is 2.38. The van der Waals surface area contributed by atoms with E-state index in [-0.39, 0.29) is 12.4 Å². The second kappa shape index (κ2) is 9.38. The first-order valence-corrected chi connectivity index (χ1v) is 10.8. The smallest absolute Gasteiger partial charge is 0.321 e. The number of aryl methyl sites for hydroxylation is 1. The third-order valence-corrected chi connectivity index (χ3v) is 5.79. The fourth-order valence-electron chi connectivity index (χ4n) is 4.19. The first-order valence-electron chi connectivity index (χ1n) is 10.8. The molecular weight excluding hydrogens is 411 g/mol. The van der Waals surface area contributed by atoms with Gasteiger partial charge < -0.3 is 14.5 Å². The maximum Gasteiger partial charge on any atom is 0.321 e. The minimum atomic E-state index is -1.04. The standard InChI is InChI=1S/C24H27FN4O3/c1-3-32-23(31)20-21(17-8-6-7-16(2)15-17)26-24(27-22(20)30)29-13-11-28(12-14-29)19-10-5-4-9-18(19)25/h4-10,15,20-21H,3,11-14H2,1-2H3,(H,26,27,30). The summed E-state index contributed by atoms with van der Waals surface area (Å²) in [6, 6.07) is 13.7. The average Bonchev–Trinajstić information content (AvgIpc) is 2.79. The zero-order valence-electron chi connectivity index (χ0n) is 18.3. The van der Waals surface area contributed by atoms with Crippen LogP contribution in [0.15, 0.2) is 53.5 Å². The fraction of sp³-hybridized carbons (Fsp3) is 0.375. The molecule has 168 valence electrons. The summed E-state index contributed by atoms with van der Waals surface area (Å²) < 4.78 is 19.3. The van der Waals surface area contributed by atoms with E-state index in [1.807, 2.05) is 47.1 Å². The Kier molecular flexibility index (Phi) is 6.39. The molecule has 2 aliphatic rings. The normalized spacial score (nSPS) is 21.1. The number of benzene rings is 2. The van der Waals surface area contributed by atoms with Gasteiger partial charge in [0.25, 0.3) is 0 Å². The Hall–Kier alpha value is -3.42. The van der Waals surface area contributed by atoms with Crippen molar-refractivity contribution in [2.24, 2.45) is 10.9 Å². The highest BCUT2D eigenvalue weighted by Crippen LogP contribution is 2.31. The van der Waals surface area contributed by atoms with Crippen LogP contribution in [0.1, 0.15) is 24.1 Å². The van der Waals surface area contributed by atoms with Gasteiger partial charge in [-0.2, -0.15) is 0 Å². The number of guanidine groups is 1. The fourth-order valence-corrected chi connectivity index (χ4v) is 4.19. The SMILES string of the molecule is CCOC(=O)C1C(=O)NC(N2CCN(c3ccccc3F)CC2)=NC1c1cccc(C)c1. The number of ether oxygens (including phenoxy) is 1. The van der Waals surface area contributed by atoms with Crippen molar-refractivity contribution in [3.8, 4) is 0 Å². The van der Waals surface area contributed by atoms with Crippen LogP contribution in [0.25, 0.3) is 0 Å². The van der Waals surface area contributed by atoms with Crippen LogP contribution < -0.4 is 10.2 Å². The molecule has 0 aliphatic carbocycles. The molecular formula is C24H27FN4O3. The van der Waals surface area contributed by atoms with E-state index in [0.717, 1.165) is 11.1 Å². The molecule has 0 aromatic heterocycles. The van der Waals surface area contributed by atoms with Gasteiger partial charge in [0.05, 0.1) is 12.3 Å². The number of carbonyl (C=O) groups excluding carboxylic acids is 2. The summed E-state index contributed by atoms with van der Waals surface area (Å²) in [7, 11) is 0. The number of hydrogen-bond donors (Lipinski definition) is 1. The number of aliphatic imine (C=N–C) groups is 1. The predicted molar refractivity (Wildman–Crippen MR) is 120 cm³/mol. The first kappa shape index (κ1) is 21.8. The predicted octanol–water partition coefficient (Wildman–Crippen LogP) is 2.66. The molecule has 32 heavy (non-hydrogen) atoms. The lowest BCUT2D eigenvalue weighted by Gasteiger charge is -2.39. The second-order valence-electron chi connectivity index (χ2n) is 7.96. The lowest BCUT2D eigenvalue weighted by atomic mass is 9.90. The summed E-state index contributed by atoms with van der Waals surface area (Å²) in [4.78, 5) is 34.3. The summed E-state index contributed by atoms with van der Waals surface area (Å²) >= 11 is 0. The van der Waals surface area contributed by atoms with E-state index in [2.05, 4.69) is 5.32 Å². The van der Waals surface area contributed by atoms with Crippen LogP contribution in [0.3, 0.4) is 0 Å². The van der Waals surface area contributed by atoms with Gasteiger partial charge in [0.2, 0.25) is 11.9 Å². The Morgan fingerprint density at radius 2 is 1.84 bits per heavy atom. The molecule has 0 spiro atoms. The van der Waals surface area contributed by atoms with Gasteiger partial charge in [0.1, 0.15) is 11.9 Å². The first-order chi connectivity index (χ1) is 15.5. The van der Waals surface area contributed by atoms with Crippen molar-refractivity contribution in [2.45, 2.75) is 19.9 Å². The van der Waals surface area contributed by atoms with Gasteiger partial charge in [-0.3, -0.25) is 14.9 Å². The van der Waals surface area contributed by atoms with Crippen molar-refractivity contribution in [1.29, 1.82) is 0 Å². The van der Waals surface area contributed by atoms with Gasteiger partial charge in [-0.05, 0) is 31.5 Å². The molecule has 8 heteroatoms. The van der Waals surface area contributed by atoms with Crippen molar-refractivity contribution >= 4 is 23.5 Å². The maximum atomic E-state index is 14.2. The van der Waals surface area contributed by atoms with E-state index in [9.17, 15) is 14.0 Å². The number of hydrogen-bond acceptors (Lipinski definition) is 6. The quantitative estimate of drug-likeness (QED) is 0.587. The van der Waals surface area contributed by atoms with Crippen molar-refractivity contribution in [1.82, 2.24) is 10.2 Å². The Balaban J connectivity index is 1.57. The molecule has 1 N–H and O–H groups in total. The highest BCUT2D eigenvalue weighted by Gasteiger charge is 2.42. The molecule has 2 aliphatic heterocycles. The third-order valence-electron chi connectivity index (χ3n) is 5.79. The van der Waals surface area contributed by atoms with Crippen LogP contribution in [0.5, 0.6) is 0 Å². The maximum absolute atomic E-state index is 14.2. The molecule has 2 aromatic carbocycles. The van der Waals surface area contributed by atoms with Gasteiger partial charge in [-0.1, -0.05) is 42.0 Å². The molecule has 0 bridgehead atoms. The lowest BCUT2D eigenvalue weighted by molar-refractivity contribution is -0.153. The number of piperazine rings is 1. The van der Waals surface area contributed by atoms with E-state index < -0.39 is 23.8 Å². The molecule has 0 radical (unpaired) electrons. The number of nitrogens with one attached hydrogen (secondary N) is 1. The van der Waals surface area contributed by atoms with Crippen molar-refractivity contribution < 1.29 is 18.7 Å². The van der Waals surface area contributed by atoms with Crippen molar-refractivity contribution in [3.05, 3.63) is 65.5 Å². The van der Waals surface area contributed by atoms with Crippen LogP contribution in [0.4, 0.5) is 10.1 Å². The zero-order valence-corrected chi connectivity index (χ0v) is 18.3. The van der Waals surface area contributed by atoms with E-state index in [1.165, 1.54) is 6.07 Å². The van der Waals surface area contributed by atoms with Crippen LogP contribution in [-0.2, 0) is 14.3 Å². The van der Waals surface area contributed by atoms with Crippen LogP contribution in [0, 0.1) is 18.7 Å². The number of para-hydroxylation sites is 1. The van der Waals surface area contributed by atoms with Gasteiger partial charge in [0, 0.05) is 26.2 Å². The Morgan fingerprint density at radius 1 is 1.12 bits per heavy atom. The molecule has 1 amide bonds. The van der Waals surface area contributed by atoms with E-state index >= 15 is 0 Å². The number of nitrogens with zero attached hydrogens (tertiary/aromatic N) is 3. The molecule has 1 saturated heterocycles. The number of amides is 1. The Labute approximate surface area is 186 Å². The molecule has 2 heterocycles. The lowest BCUT2D eigenvalue weighted by Crippen LogP contribution is -2.57. The highest BCUT2D eigenvalue weighted by atomic mass is 19.1. The number of rotatable bonds is 4. The number of anilines is 1. The molecule has 1 fully saturated rings. The molecule has 2 unspecified atom stereocenters.